The number of aromatic nitrogens is 1. The first-order valence-corrected chi connectivity index (χ1v) is 11.1. The highest BCUT2D eigenvalue weighted by molar-refractivity contribution is 5.87. The minimum Gasteiger partial charge on any atom is -0.372 e. The Morgan fingerprint density at radius 1 is 1.08 bits per heavy atom. The van der Waals surface area contributed by atoms with Gasteiger partial charge < -0.3 is 15.0 Å². The molecular formula is C26H22F4N4O2. The Kier molecular flexibility index (Phi) is 5.73. The Labute approximate surface area is 203 Å². The van der Waals surface area contributed by atoms with Crippen LogP contribution in [0.15, 0.2) is 72.9 Å². The molecule has 10 heteroatoms. The van der Waals surface area contributed by atoms with E-state index in [9.17, 15) is 27.5 Å². The molecule has 6 nitrogen and oxygen atoms in total. The van der Waals surface area contributed by atoms with Gasteiger partial charge in [0.25, 0.3) is 0 Å². The number of rotatable bonds is 5. The number of likely N-dealkylation sites (N-methyl/N-ethyl adjacent to an activating group) is 1. The minimum absolute atomic E-state index is 0.188. The molecule has 0 bridgehead atoms. The van der Waals surface area contributed by atoms with Crippen LogP contribution in [-0.2, 0) is 23.5 Å². The van der Waals surface area contributed by atoms with Crippen molar-refractivity contribution < 1.29 is 27.5 Å². The third kappa shape index (κ3) is 3.78. The van der Waals surface area contributed by atoms with Gasteiger partial charge >= 0.3 is 6.18 Å². The number of hydrogen-bond donors (Lipinski definition) is 3. The van der Waals surface area contributed by atoms with Crippen LogP contribution in [0.3, 0.4) is 0 Å². The van der Waals surface area contributed by atoms with Gasteiger partial charge in [-0.2, -0.15) is 13.2 Å². The van der Waals surface area contributed by atoms with Crippen molar-refractivity contribution in [2.24, 2.45) is 0 Å². The van der Waals surface area contributed by atoms with Gasteiger partial charge in [-0.25, -0.2) is 9.82 Å². The third-order valence-electron chi connectivity index (χ3n) is 6.43. The van der Waals surface area contributed by atoms with Crippen LogP contribution in [0.4, 0.5) is 28.9 Å². The molecule has 0 saturated carbocycles. The number of aliphatic hydroxyl groups is 1. The molecule has 1 aromatic heterocycles. The number of hydrazine groups is 1. The van der Waals surface area contributed by atoms with Gasteiger partial charge in [0.1, 0.15) is 12.4 Å². The van der Waals surface area contributed by atoms with Crippen molar-refractivity contribution in [3.63, 3.8) is 0 Å². The fourth-order valence-corrected chi connectivity index (χ4v) is 4.61. The number of amides is 1. The summed E-state index contributed by atoms with van der Waals surface area (Å²) >= 11 is 0. The Morgan fingerprint density at radius 3 is 2.50 bits per heavy atom. The van der Waals surface area contributed by atoms with Gasteiger partial charge in [-0.15, -0.1) is 0 Å². The molecule has 186 valence electrons. The number of anilines is 2. The maximum atomic E-state index is 14.7. The molecule has 5 rings (SSSR count). The summed E-state index contributed by atoms with van der Waals surface area (Å²) in [4.78, 5) is 12.0. The lowest BCUT2D eigenvalue weighted by atomic mass is 9.84. The van der Waals surface area contributed by atoms with Crippen molar-refractivity contribution in [3.05, 3.63) is 95.4 Å². The largest absolute Gasteiger partial charge is 0.425 e. The zero-order chi connectivity index (χ0) is 25.7. The molecule has 1 amide bonds. The Morgan fingerprint density at radius 2 is 1.81 bits per heavy atom. The number of nitrogens with one attached hydrogen (secondary N) is 2. The third-order valence-corrected chi connectivity index (χ3v) is 6.43. The molecule has 36 heavy (non-hydrogen) atoms. The maximum absolute atomic E-state index is 14.7. The second kappa shape index (κ2) is 8.65. The van der Waals surface area contributed by atoms with Crippen LogP contribution in [0.1, 0.15) is 16.7 Å². The van der Waals surface area contributed by atoms with Gasteiger partial charge in [-0.05, 0) is 53.6 Å². The average Bonchev–Trinajstić information content (AvgIpc) is 3.45. The molecule has 0 saturated heterocycles. The van der Waals surface area contributed by atoms with E-state index >= 15 is 0 Å². The second-order valence-corrected chi connectivity index (χ2v) is 8.56. The van der Waals surface area contributed by atoms with Crippen LogP contribution >= 0.6 is 0 Å². The molecule has 3 aromatic carbocycles. The number of halogens is 4. The highest BCUT2D eigenvalue weighted by Crippen LogP contribution is 2.48. The highest BCUT2D eigenvalue weighted by atomic mass is 19.4. The number of carbonyl (C=O) groups excluding carboxylic acids is 1. The lowest BCUT2D eigenvalue weighted by Gasteiger charge is -2.31. The molecule has 0 spiro atoms. The van der Waals surface area contributed by atoms with Crippen LogP contribution in [0.2, 0.25) is 0 Å². The fourth-order valence-electron chi connectivity index (χ4n) is 4.61. The maximum Gasteiger partial charge on any atom is 0.425 e. The SMILES string of the molecule is CNC(=O)Cn1cc(C(O)(c2ccc3c(c2)CNN3c2ccc(F)cc2)C(F)(F)F)c2ccccc21. The van der Waals surface area contributed by atoms with Crippen molar-refractivity contribution in [2.45, 2.75) is 24.9 Å². The quantitative estimate of drug-likeness (QED) is 0.355. The van der Waals surface area contributed by atoms with Crippen LogP contribution in [0.5, 0.6) is 0 Å². The zero-order valence-corrected chi connectivity index (χ0v) is 19.1. The molecule has 3 N–H and O–H groups in total. The van der Waals surface area contributed by atoms with E-state index in [1.807, 2.05) is 0 Å². The van der Waals surface area contributed by atoms with E-state index in [1.165, 1.54) is 54.2 Å². The topological polar surface area (TPSA) is 69.5 Å². The Hall–Kier alpha value is -3.89. The summed E-state index contributed by atoms with van der Waals surface area (Å²) in [6.07, 6.45) is -3.88. The van der Waals surface area contributed by atoms with Crippen molar-refractivity contribution in [2.75, 3.05) is 12.1 Å². The van der Waals surface area contributed by atoms with E-state index in [-0.39, 0.29) is 35.5 Å². The summed E-state index contributed by atoms with van der Waals surface area (Å²) in [5.41, 5.74) is 1.17. The van der Waals surface area contributed by atoms with E-state index in [1.54, 1.807) is 35.3 Å². The minimum atomic E-state index is -5.06. The number of alkyl halides is 3. The lowest BCUT2D eigenvalue weighted by Crippen LogP contribution is -2.43. The Bertz CT molecular complexity index is 1450. The first-order valence-electron chi connectivity index (χ1n) is 11.1. The van der Waals surface area contributed by atoms with Crippen LogP contribution < -0.4 is 15.8 Å². The van der Waals surface area contributed by atoms with Gasteiger partial charge in [0.2, 0.25) is 11.5 Å². The number of hydrogen-bond acceptors (Lipinski definition) is 4. The van der Waals surface area contributed by atoms with E-state index in [4.69, 9.17) is 0 Å². The van der Waals surface area contributed by atoms with Gasteiger partial charge in [-0.3, -0.25) is 9.80 Å². The van der Waals surface area contributed by atoms with Crippen LogP contribution in [-0.4, -0.2) is 28.8 Å². The molecule has 0 radical (unpaired) electrons. The molecule has 0 fully saturated rings. The first kappa shape index (κ1) is 23.8. The van der Waals surface area contributed by atoms with Crippen molar-refractivity contribution >= 4 is 28.2 Å². The van der Waals surface area contributed by atoms with Crippen molar-refractivity contribution in [1.29, 1.82) is 0 Å². The standard InChI is InChI=1S/C26H22F4N4O2/c1-31-24(35)15-33-14-21(20-4-2-3-5-23(20)33)25(36,26(28,29)30)17-6-11-22-16(12-17)13-32-34(22)19-9-7-18(27)8-10-19/h2-12,14,32,36H,13,15H2,1H3,(H,31,35). The smallest absolute Gasteiger partial charge is 0.372 e. The second-order valence-electron chi connectivity index (χ2n) is 8.56. The van der Waals surface area contributed by atoms with Crippen molar-refractivity contribution in [3.8, 4) is 0 Å². The summed E-state index contributed by atoms with van der Waals surface area (Å²) in [5, 5.41) is 15.7. The number of benzene rings is 3. The summed E-state index contributed by atoms with van der Waals surface area (Å²) in [5.74, 6) is -0.790. The monoisotopic (exact) mass is 498 g/mol. The number of carbonyl (C=O) groups is 1. The number of fused-ring (bicyclic) bond motifs is 2. The van der Waals surface area contributed by atoms with Gasteiger partial charge in [0, 0.05) is 36.3 Å². The molecule has 2 heterocycles. The van der Waals surface area contributed by atoms with E-state index in [0.717, 1.165) is 0 Å². The zero-order valence-electron chi connectivity index (χ0n) is 19.1. The molecule has 4 aromatic rings. The molecular weight excluding hydrogens is 476 g/mol. The number of para-hydroxylation sites is 1. The predicted octanol–water partition coefficient (Wildman–Crippen LogP) is 4.48. The molecule has 1 aliphatic rings. The molecule has 1 unspecified atom stereocenters. The summed E-state index contributed by atoms with van der Waals surface area (Å²) in [6.45, 7) is 0.0125. The van der Waals surface area contributed by atoms with Gasteiger partial charge in [0.15, 0.2) is 0 Å². The highest BCUT2D eigenvalue weighted by Gasteiger charge is 2.57. The van der Waals surface area contributed by atoms with E-state index in [2.05, 4.69) is 10.7 Å². The first-order chi connectivity index (χ1) is 17.1. The summed E-state index contributed by atoms with van der Waals surface area (Å²) in [6, 6.07) is 16.1. The Balaban J connectivity index is 1.63. The predicted molar refractivity (Wildman–Crippen MR) is 127 cm³/mol. The normalized spacial score (nSPS) is 15.1. The number of nitrogens with zero attached hydrogens (tertiary/aromatic N) is 2. The van der Waals surface area contributed by atoms with Gasteiger partial charge in [0.05, 0.1) is 11.4 Å². The lowest BCUT2D eigenvalue weighted by molar-refractivity contribution is -0.247. The van der Waals surface area contributed by atoms with Crippen LogP contribution in [0, 0.1) is 5.82 Å². The van der Waals surface area contributed by atoms with E-state index < -0.39 is 17.6 Å². The van der Waals surface area contributed by atoms with Crippen LogP contribution in [0.25, 0.3) is 10.9 Å². The molecule has 1 atom stereocenters. The molecule has 0 aliphatic carbocycles. The average molecular weight is 498 g/mol. The summed E-state index contributed by atoms with van der Waals surface area (Å²) < 4.78 is 58.7. The molecule has 1 aliphatic heterocycles. The van der Waals surface area contributed by atoms with Crippen molar-refractivity contribution in [1.82, 2.24) is 15.3 Å². The van der Waals surface area contributed by atoms with Gasteiger partial charge in [-0.1, -0.05) is 24.3 Å². The fraction of sp³-hybridized carbons (Fsp3) is 0.192. The van der Waals surface area contributed by atoms with E-state index in [0.29, 0.717) is 22.5 Å². The summed E-state index contributed by atoms with van der Waals surface area (Å²) in [7, 11) is 1.44.